The summed E-state index contributed by atoms with van der Waals surface area (Å²) in [7, 11) is 1.57. The lowest BCUT2D eigenvalue weighted by Crippen LogP contribution is -2.46. The van der Waals surface area contributed by atoms with Crippen molar-refractivity contribution in [1.29, 1.82) is 0 Å². The van der Waals surface area contributed by atoms with Crippen molar-refractivity contribution in [2.24, 2.45) is 0 Å². The molecule has 32 heavy (non-hydrogen) atoms. The molecule has 0 atom stereocenters. The Bertz CT molecular complexity index is 1370. The first-order valence-corrected chi connectivity index (χ1v) is 11.7. The zero-order valence-corrected chi connectivity index (χ0v) is 19.1. The molecule has 1 aliphatic heterocycles. The molecule has 4 heterocycles. The SMILES string of the molecule is CNC(=O)c1ccc(N2CCN(Cc3ccc4c(c3)[nH]c(=O)c3cscc34)CC2)c(Cl)n1. The third kappa shape index (κ3) is 3.85. The van der Waals surface area contributed by atoms with E-state index < -0.39 is 0 Å². The Morgan fingerprint density at radius 1 is 1.12 bits per heavy atom. The van der Waals surface area contributed by atoms with Crippen LogP contribution in [0.15, 0.2) is 45.9 Å². The van der Waals surface area contributed by atoms with Crippen molar-refractivity contribution in [3.05, 3.63) is 67.9 Å². The first-order valence-electron chi connectivity index (χ1n) is 10.4. The molecule has 5 rings (SSSR count). The molecule has 4 aromatic rings. The second-order valence-electron chi connectivity index (χ2n) is 7.88. The summed E-state index contributed by atoms with van der Waals surface area (Å²) < 4.78 is 0. The second kappa shape index (κ2) is 8.54. The standard InChI is InChI=1S/C23H22ClN5O2S/c1-25-23(31)18-4-5-20(21(24)26-18)29-8-6-28(7-9-29)11-14-2-3-15-16-12-32-13-17(16)22(30)27-19(15)10-14/h2-5,10,12-13H,6-9,11H2,1H3,(H,25,31)(H,27,30). The summed E-state index contributed by atoms with van der Waals surface area (Å²) in [5.74, 6) is -0.250. The van der Waals surface area contributed by atoms with Gasteiger partial charge in [-0.05, 0) is 29.1 Å². The van der Waals surface area contributed by atoms with Crippen molar-refractivity contribution < 1.29 is 4.79 Å². The number of aromatic nitrogens is 2. The van der Waals surface area contributed by atoms with Crippen LogP contribution >= 0.6 is 22.9 Å². The first-order chi connectivity index (χ1) is 15.5. The fourth-order valence-electron chi connectivity index (χ4n) is 4.22. The molecular weight excluding hydrogens is 446 g/mol. The Morgan fingerprint density at radius 2 is 1.91 bits per heavy atom. The molecule has 7 nitrogen and oxygen atoms in total. The van der Waals surface area contributed by atoms with Crippen LogP contribution in [0.3, 0.4) is 0 Å². The lowest BCUT2D eigenvalue weighted by molar-refractivity contribution is 0.0958. The quantitative estimate of drug-likeness (QED) is 0.449. The second-order valence-corrected chi connectivity index (χ2v) is 8.98. The van der Waals surface area contributed by atoms with Crippen molar-refractivity contribution in [3.63, 3.8) is 0 Å². The van der Waals surface area contributed by atoms with Gasteiger partial charge in [-0.25, -0.2) is 4.98 Å². The highest BCUT2D eigenvalue weighted by Crippen LogP contribution is 2.27. The highest BCUT2D eigenvalue weighted by atomic mass is 35.5. The number of nitrogens with zero attached hydrogens (tertiary/aromatic N) is 3. The number of hydrogen-bond acceptors (Lipinski definition) is 6. The van der Waals surface area contributed by atoms with E-state index in [4.69, 9.17) is 11.6 Å². The maximum atomic E-state index is 12.3. The minimum atomic E-state index is -0.250. The summed E-state index contributed by atoms with van der Waals surface area (Å²) in [5.41, 5.74) is 3.18. The molecule has 1 amide bonds. The van der Waals surface area contributed by atoms with Crippen LogP contribution in [0, 0.1) is 0 Å². The van der Waals surface area contributed by atoms with E-state index in [9.17, 15) is 9.59 Å². The molecular formula is C23H22ClN5O2S. The van der Waals surface area contributed by atoms with E-state index in [0.717, 1.165) is 60.1 Å². The predicted octanol–water partition coefficient (Wildman–Crippen LogP) is 3.47. The van der Waals surface area contributed by atoms with Gasteiger partial charge in [-0.3, -0.25) is 14.5 Å². The number of fused-ring (bicyclic) bond motifs is 3. The lowest BCUT2D eigenvalue weighted by Gasteiger charge is -2.36. The van der Waals surface area contributed by atoms with Crippen molar-refractivity contribution in [2.75, 3.05) is 38.1 Å². The molecule has 0 aliphatic carbocycles. The molecule has 2 N–H and O–H groups in total. The number of hydrogen-bond donors (Lipinski definition) is 2. The fourth-order valence-corrected chi connectivity index (χ4v) is 5.32. The van der Waals surface area contributed by atoms with Crippen LogP contribution in [0.5, 0.6) is 0 Å². The Labute approximate surface area is 193 Å². The van der Waals surface area contributed by atoms with Gasteiger partial charge in [0.1, 0.15) is 5.69 Å². The van der Waals surface area contributed by atoms with Gasteiger partial charge >= 0.3 is 0 Å². The van der Waals surface area contributed by atoms with E-state index in [-0.39, 0.29) is 11.5 Å². The summed E-state index contributed by atoms with van der Waals surface area (Å²) in [5, 5.41) is 9.68. The van der Waals surface area contributed by atoms with Crippen molar-refractivity contribution in [3.8, 4) is 0 Å². The zero-order valence-electron chi connectivity index (χ0n) is 17.5. The number of pyridine rings is 2. The molecule has 3 aromatic heterocycles. The number of nitrogens with one attached hydrogen (secondary N) is 2. The predicted molar refractivity (Wildman–Crippen MR) is 130 cm³/mol. The number of H-pyrrole nitrogens is 1. The van der Waals surface area contributed by atoms with Gasteiger partial charge in [0.2, 0.25) is 0 Å². The van der Waals surface area contributed by atoms with Crippen molar-refractivity contribution in [2.45, 2.75) is 6.54 Å². The number of thiophene rings is 1. The molecule has 0 bridgehead atoms. The van der Waals surface area contributed by atoms with Gasteiger partial charge in [-0.1, -0.05) is 23.7 Å². The minimum Gasteiger partial charge on any atom is -0.366 e. The van der Waals surface area contributed by atoms with Gasteiger partial charge < -0.3 is 15.2 Å². The maximum Gasteiger partial charge on any atom is 0.269 e. The number of carbonyl (C=O) groups excluding carboxylic acids is 1. The summed E-state index contributed by atoms with van der Waals surface area (Å²) in [6, 6.07) is 9.89. The van der Waals surface area contributed by atoms with E-state index in [0.29, 0.717) is 10.8 Å². The third-order valence-corrected chi connectivity index (χ3v) is 6.96. The number of benzene rings is 1. The Morgan fingerprint density at radius 3 is 2.66 bits per heavy atom. The van der Waals surface area contributed by atoms with Crippen LogP contribution in [0.2, 0.25) is 5.15 Å². The third-order valence-electron chi connectivity index (χ3n) is 5.94. The molecule has 1 saturated heterocycles. The van der Waals surface area contributed by atoms with Gasteiger partial charge in [0.15, 0.2) is 5.15 Å². The fraction of sp³-hybridized carbons (Fsp3) is 0.261. The van der Waals surface area contributed by atoms with E-state index >= 15 is 0 Å². The van der Waals surface area contributed by atoms with Gasteiger partial charge in [0, 0.05) is 61.4 Å². The smallest absolute Gasteiger partial charge is 0.269 e. The highest BCUT2D eigenvalue weighted by molar-refractivity contribution is 7.09. The molecule has 0 unspecified atom stereocenters. The summed E-state index contributed by atoms with van der Waals surface area (Å²) in [4.78, 5) is 35.9. The molecule has 0 radical (unpaired) electrons. The number of piperazine rings is 1. The highest BCUT2D eigenvalue weighted by Gasteiger charge is 2.21. The molecule has 0 spiro atoms. The summed E-state index contributed by atoms with van der Waals surface area (Å²) >= 11 is 7.91. The average Bonchev–Trinajstić information content (AvgIpc) is 3.30. The Balaban J connectivity index is 1.28. The molecule has 1 aliphatic rings. The van der Waals surface area contributed by atoms with Gasteiger partial charge in [0.05, 0.1) is 11.1 Å². The minimum absolute atomic E-state index is 0.0348. The number of halogens is 1. The number of aromatic amines is 1. The van der Waals surface area contributed by atoms with E-state index in [2.05, 4.69) is 43.3 Å². The number of amides is 1. The first kappa shape index (κ1) is 20.9. The molecule has 9 heteroatoms. The van der Waals surface area contributed by atoms with Crippen LogP contribution in [0.4, 0.5) is 5.69 Å². The monoisotopic (exact) mass is 467 g/mol. The van der Waals surface area contributed by atoms with Crippen LogP contribution in [0.25, 0.3) is 21.7 Å². The molecule has 1 aromatic carbocycles. The topological polar surface area (TPSA) is 81.3 Å². The summed E-state index contributed by atoms with van der Waals surface area (Å²) in [6.07, 6.45) is 0. The number of carbonyl (C=O) groups is 1. The van der Waals surface area contributed by atoms with Gasteiger partial charge in [-0.2, -0.15) is 11.3 Å². The molecule has 1 fully saturated rings. The zero-order chi connectivity index (χ0) is 22.2. The normalized spacial score (nSPS) is 14.9. The largest absolute Gasteiger partial charge is 0.366 e. The van der Waals surface area contributed by atoms with Gasteiger partial charge in [-0.15, -0.1) is 0 Å². The van der Waals surface area contributed by atoms with E-state index in [1.165, 1.54) is 5.56 Å². The molecule has 0 saturated carbocycles. The van der Waals surface area contributed by atoms with Crippen molar-refractivity contribution in [1.82, 2.24) is 20.2 Å². The summed E-state index contributed by atoms with van der Waals surface area (Å²) in [6.45, 7) is 4.22. The Kier molecular flexibility index (Phi) is 5.58. The Hall–Kier alpha value is -2.94. The number of rotatable bonds is 4. The van der Waals surface area contributed by atoms with Crippen LogP contribution in [-0.2, 0) is 6.54 Å². The number of anilines is 1. The van der Waals surface area contributed by atoms with Gasteiger partial charge in [0.25, 0.3) is 11.5 Å². The van der Waals surface area contributed by atoms with E-state index in [1.807, 2.05) is 16.8 Å². The van der Waals surface area contributed by atoms with E-state index in [1.54, 1.807) is 24.5 Å². The molecule has 164 valence electrons. The maximum absolute atomic E-state index is 12.3. The van der Waals surface area contributed by atoms with Crippen LogP contribution in [-0.4, -0.2) is 54.0 Å². The van der Waals surface area contributed by atoms with Crippen molar-refractivity contribution >= 4 is 56.2 Å². The van der Waals surface area contributed by atoms with Crippen LogP contribution < -0.4 is 15.8 Å². The van der Waals surface area contributed by atoms with Crippen LogP contribution in [0.1, 0.15) is 16.1 Å². The average molecular weight is 468 g/mol. The lowest BCUT2D eigenvalue weighted by atomic mass is 10.1.